The summed E-state index contributed by atoms with van der Waals surface area (Å²) >= 11 is 0. The van der Waals surface area contributed by atoms with E-state index in [1.807, 2.05) is 25.1 Å². The van der Waals surface area contributed by atoms with Crippen LogP contribution in [0.25, 0.3) is 0 Å². The summed E-state index contributed by atoms with van der Waals surface area (Å²) in [7, 11) is 0. The predicted molar refractivity (Wildman–Crippen MR) is 80.3 cm³/mol. The van der Waals surface area contributed by atoms with Gasteiger partial charge in [0.15, 0.2) is 0 Å². The van der Waals surface area contributed by atoms with Crippen molar-refractivity contribution in [1.29, 1.82) is 0 Å². The highest BCUT2D eigenvalue weighted by atomic mass is 19.1. The highest BCUT2D eigenvalue weighted by Crippen LogP contribution is 2.34. The van der Waals surface area contributed by atoms with Crippen LogP contribution in [0.15, 0.2) is 42.5 Å². The van der Waals surface area contributed by atoms with Gasteiger partial charge in [-0.2, -0.15) is 0 Å². The topological polar surface area (TPSA) is 47.3 Å². The van der Waals surface area contributed by atoms with Crippen LogP contribution in [0.2, 0.25) is 0 Å². The summed E-state index contributed by atoms with van der Waals surface area (Å²) in [5, 5.41) is 0. The highest BCUT2D eigenvalue weighted by Gasteiger charge is 2.29. The maximum absolute atomic E-state index is 13.6. The maximum atomic E-state index is 13.6. The average molecular weight is 286 g/mol. The molecule has 4 heteroatoms. The minimum absolute atomic E-state index is 0.131. The molecule has 0 aromatic heterocycles. The third kappa shape index (κ3) is 2.77. The molecule has 2 aromatic carbocycles. The van der Waals surface area contributed by atoms with E-state index in [-0.39, 0.29) is 17.8 Å². The zero-order chi connectivity index (χ0) is 14.8. The summed E-state index contributed by atoms with van der Waals surface area (Å²) in [5.74, 6) is 6.61. The zero-order valence-electron chi connectivity index (χ0n) is 12.0. The number of nitrogens with two attached hydrogens (primary N) is 1. The molecule has 2 unspecified atom stereocenters. The van der Waals surface area contributed by atoms with E-state index < -0.39 is 0 Å². The first kappa shape index (κ1) is 14.0. The summed E-state index contributed by atoms with van der Waals surface area (Å²) in [6, 6.07) is 12.7. The number of hydrogen-bond acceptors (Lipinski definition) is 3. The molecule has 0 saturated carbocycles. The Morgan fingerprint density at radius 1 is 1.29 bits per heavy atom. The minimum Gasteiger partial charge on any atom is -0.493 e. The molecule has 110 valence electrons. The lowest BCUT2D eigenvalue weighted by Crippen LogP contribution is -2.39. The van der Waals surface area contributed by atoms with Gasteiger partial charge in [0.1, 0.15) is 11.6 Å². The summed E-state index contributed by atoms with van der Waals surface area (Å²) in [5.41, 5.74) is 5.93. The lowest BCUT2D eigenvalue weighted by molar-refractivity contribution is 0.184. The average Bonchev–Trinajstić information content (AvgIpc) is 2.51. The molecular weight excluding hydrogens is 267 g/mol. The predicted octanol–water partition coefficient (Wildman–Crippen LogP) is 2.89. The molecule has 0 saturated heterocycles. The second-order valence-electron chi connectivity index (χ2n) is 5.53. The Morgan fingerprint density at radius 3 is 2.90 bits per heavy atom. The van der Waals surface area contributed by atoms with Crippen molar-refractivity contribution >= 4 is 0 Å². The molecule has 0 aliphatic carbocycles. The number of fused-ring (bicyclic) bond motifs is 1. The fourth-order valence-corrected chi connectivity index (χ4v) is 2.99. The second-order valence-corrected chi connectivity index (χ2v) is 5.53. The van der Waals surface area contributed by atoms with Crippen LogP contribution in [0.5, 0.6) is 5.75 Å². The van der Waals surface area contributed by atoms with Gasteiger partial charge in [-0.05, 0) is 48.2 Å². The summed E-state index contributed by atoms with van der Waals surface area (Å²) < 4.78 is 19.4. The number of benzene rings is 2. The molecule has 3 rings (SSSR count). The summed E-state index contributed by atoms with van der Waals surface area (Å²) in [6.07, 6.45) is 0.862. The fraction of sp³-hybridized carbons (Fsp3) is 0.294. The van der Waals surface area contributed by atoms with Gasteiger partial charge in [0.05, 0.1) is 12.6 Å². The molecule has 1 aliphatic rings. The van der Waals surface area contributed by atoms with E-state index in [1.165, 1.54) is 11.6 Å². The highest BCUT2D eigenvalue weighted by molar-refractivity contribution is 5.37. The number of hydrogen-bond donors (Lipinski definition) is 2. The van der Waals surface area contributed by atoms with E-state index in [2.05, 4.69) is 11.5 Å². The molecule has 0 bridgehead atoms. The van der Waals surface area contributed by atoms with Gasteiger partial charge in [-0.3, -0.25) is 11.3 Å². The van der Waals surface area contributed by atoms with Gasteiger partial charge in [-0.15, -0.1) is 0 Å². The van der Waals surface area contributed by atoms with Crippen molar-refractivity contribution in [2.75, 3.05) is 6.61 Å². The van der Waals surface area contributed by atoms with Crippen molar-refractivity contribution in [3.63, 3.8) is 0 Å². The van der Waals surface area contributed by atoms with E-state index >= 15 is 0 Å². The summed E-state index contributed by atoms with van der Waals surface area (Å²) in [6.45, 7) is 2.54. The van der Waals surface area contributed by atoms with Crippen molar-refractivity contribution < 1.29 is 9.13 Å². The van der Waals surface area contributed by atoms with E-state index in [9.17, 15) is 4.39 Å². The minimum atomic E-state index is -0.243. The normalized spacial score (nSPS) is 18.7. The molecule has 2 atom stereocenters. The molecule has 2 aromatic rings. The number of para-hydroxylation sites is 1. The van der Waals surface area contributed by atoms with Crippen LogP contribution in [-0.2, 0) is 6.42 Å². The quantitative estimate of drug-likeness (QED) is 0.674. The molecular formula is C17H19FN2O. The fourth-order valence-electron chi connectivity index (χ4n) is 2.99. The van der Waals surface area contributed by atoms with Crippen molar-refractivity contribution in [2.45, 2.75) is 19.4 Å². The first-order valence-corrected chi connectivity index (χ1v) is 7.12. The van der Waals surface area contributed by atoms with Gasteiger partial charge in [0.25, 0.3) is 0 Å². The van der Waals surface area contributed by atoms with Crippen molar-refractivity contribution in [3.8, 4) is 5.75 Å². The number of nitrogens with one attached hydrogen (secondary N) is 1. The second kappa shape index (κ2) is 5.84. The maximum Gasteiger partial charge on any atom is 0.123 e. The first-order chi connectivity index (χ1) is 10.2. The Kier molecular flexibility index (Phi) is 3.90. The number of hydrazine groups is 1. The van der Waals surface area contributed by atoms with E-state index in [0.29, 0.717) is 6.61 Å². The smallest absolute Gasteiger partial charge is 0.123 e. The van der Waals surface area contributed by atoms with E-state index in [1.54, 1.807) is 12.1 Å². The standard InChI is InChI=1S/C17H19FN2O/c1-11-6-7-14(18)9-15(11)17(20-19)13-8-12-4-2-3-5-16(12)21-10-13/h2-7,9,13,17,20H,8,10,19H2,1H3. The van der Waals surface area contributed by atoms with Gasteiger partial charge >= 0.3 is 0 Å². The molecule has 0 spiro atoms. The third-order valence-electron chi connectivity index (χ3n) is 4.13. The molecule has 1 heterocycles. The van der Waals surface area contributed by atoms with Crippen molar-refractivity contribution in [2.24, 2.45) is 11.8 Å². The zero-order valence-corrected chi connectivity index (χ0v) is 12.0. The summed E-state index contributed by atoms with van der Waals surface area (Å²) in [4.78, 5) is 0. The lowest BCUT2D eigenvalue weighted by atomic mass is 9.85. The third-order valence-corrected chi connectivity index (χ3v) is 4.13. The number of rotatable bonds is 3. The molecule has 0 radical (unpaired) electrons. The Bertz CT molecular complexity index is 644. The van der Waals surface area contributed by atoms with Gasteiger partial charge in [0.2, 0.25) is 0 Å². The van der Waals surface area contributed by atoms with Gasteiger partial charge < -0.3 is 4.74 Å². The van der Waals surface area contributed by atoms with Crippen molar-refractivity contribution in [3.05, 3.63) is 65.0 Å². The number of ether oxygens (including phenoxy) is 1. The first-order valence-electron chi connectivity index (χ1n) is 7.12. The van der Waals surface area contributed by atoms with Crippen LogP contribution < -0.4 is 16.0 Å². The number of aryl methyl sites for hydroxylation is 1. The molecule has 3 nitrogen and oxygen atoms in total. The number of halogens is 1. The SMILES string of the molecule is Cc1ccc(F)cc1C(NN)C1COc2ccccc2C1. The molecule has 3 N–H and O–H groups in total. The molecule has 21 heavy (non-hydrogen) atoms. The Hall–Kier alpha value is -1.91. The Labute approximate surface area is 123 Å². The monoisotopic (exact) mass is 286 g/mol. The molecule has 0 amide bonds. The van der Waals surface area contributed by atoms with E-state index in [0.717, 1.165) is 23.3 Å². The van der Waals surface area contributed by atoms with Crippen LogP contribution in [0.4, 0.5) is 4.39 Å². The van der Waals surface area contributed by atoms with Gasteiger partial charge in [-0.25, -0.2) is 4.39 Å². The van der Waals surface area contributed by atoms with E-state index in [4.69, 9.17) is 10.6 Å². The Morgan fingerprint density at radius 2 is 2.10 bits per heavy atom. The lowest BCUT2D eigenvalue weighted by Gasteiger charge is -2.32. The van der Waals surface area contributed by atoms with Gasteiger partial charge in [-0.1, -0.05) is 24.3 Å². The largest absolute Gasteiger partial charge is 0.493 e. The van der Waals surface area contributed by atoms with Crippen LogP contribution in [0.3, 0.4) is 0 Å². The van der Waals surface area contributed by atoms with Crippen LogP contribution in [-0.4, -0.2) is 6.61 Å². The van der Waals surface area contributed by atoms with Gasteiger partial charge in [0, 0.05) is 5.92 Å². The van der Waals surface area contributed by atoms with Crippen molar-refractivity contribution in [1.82, 2.24) is 5.43 Å². The Balaban J connectivity index is 1.90. The molecule has 1 aliphatic heterocycles. The van der Waals surface area contributed by atoms with Crippen LogP contribution in [0, 0.1) is 18.7 Å². The van der Waals surface area contributed by atoms with Crippen LogP contribution >= 0.6 is 0 Å². The molecule has 0 fully saturated rings. The van der Waals surface area contributed by atoms with Crippen LogP contribution in [0.1, 0.15) is 22.7 Å².